The summed E-state index contributed by atoms with van der Waals surface area (Å²) < 4.78 is 0. The van der Waals surface area contributed by atoms with E-state index in [1.54, 1.807) is 0 Å². The Morgan fingerprint density at radius 1 is 1.23 bits per heavy atom. The molecule has 2 heteroatoms. The van der Waals surface area contributed by atoms with Crippen LogP contribution in [-0.4, -0.2) is 4.98 Å². The van der Waals surface area contributed by atoms with Crippen molar-refractivity contribution in [2.75, 3.05) is 0 Å². The highest BCUT2D eigenvalue weighted by molar-refractivity contribution is 6.30. The van der Waals surface area contributed by atoms with Gasteiger partial charge in [0.15, 0.2) is 0 Å². The van der Waals surface area contributed by atoms with Crippen molar-refractivity contribution in [3.63, 3.8) is 0 Å². The van der Waals surface area contributed by atoms with Crippen LogP contribution in [0, 0.1) is 0 Å². The van der Waals surface area contributed by atoms with E-state index < -0.39 is 0 Å². The maximum atomic E-state index is 5.78. The lowest BCUT2D eigenvalue weighted by molar-refractivity contribution is 1.14. The molecule has 0 saturated carbocycles. The highest BCUT2D eigenvalue weighted by Crippen LogP contribution is 2.18. The van der Waals surface area contributed by atoms with Crippen molar-refractivity contribution in [2.45, 2.75) is 13.3 Å². The van der Waals surface area contributed by atoms with Crippen LogP contribution in [0.4, 0.5) is 0 Å². The first-order valence-corrected chi connectivity index (χ1v) is 4.71. The molecule has 1 aromatic heterocycles. The number of fused-ring (bicyclic) bond motifs is 1. The van der Waals surface area contributed by atoms with Gasteiger partial charge in [0, 0.05) is 11.6 Å². The molecule has 0 aliphatic heterocycles. The molecule has 2 rings (SSSR count). The zero-order valence-electron chi connectivity index (χ0n) is 7.42. The van der Waals surface area contributed by atoms with Crippen molar-refractivity contribution < 1.29 is 0 Å². The van der Waals surface area contributed by atoms with E-state index in [-0.39, 0.29) is 0 Å². The molecule has 0 radical (unpaired) electrons. The number of nitrogens with zero attached hydrogens (tertiary/aromatic N) is 1. The van der Waals surface area contributed by atoms with E-state index in [0.29, 0.717) is 5.15 Å². The van der Waals surface area contributed by atoms with Crippen LogP contribution >= 0.6 is 11.6 Å². The first kappa shape index (κ1) is 8.52. The fraction of sp³-hybridized carbons (Fsp3) is 0.182. The molecule has 0 aliphatic carbocycles. The van der Waals surface area contributed by atoms with Crippen molar-refractivity contribution in [3.05, 3.63) is 41.2 Å². The smallest absolute Gasteiger partial charge is 0.129 e. The van der Waals surface area contributed by atoms with Crippen LogP contribution in [0.15, 0.2) is 30.5 Å². The van der Waals surface area contributed by atoms with Crippen molar-refractivity contribution >= 4 is 22.4 Å². The Balaban J connectivity index is 2.66. The number of hydrogen-bond donors (Lipinski definition) is 0. The van der Waals surface area contributed by atoms with E-state index in [4.69, 9.17) is 11.6 Å². The second-order valence-electron chi connectivity index (χ2n) is 3.04. The first-order valence-electron chi connectivity index (χ1n) is 4.34. The molecule has 0 aliphatic rings. The number of rotatable bonds is 1. The van der Waals surface area contributed by atoms with Gasteiger partial charge in [-0.05, 0) is 29.5 Å². The Morgan fingerprint density at radius 3 is 2.85 bits per heavy atom. The van der Waals surface area contributed by atoms with Gasteiger partial charge in [0.25, 0.3) is 0 Å². The third-order valence-electron chi connectivity index (χ3n) is 2.16. The average Bonchev–Trinajstić information content (AvgIpc) is 2.17. The Labute approximate surface area is 82.4 Å². The van der Waals surface area contributed by atoms with Gasteiger partial charge in [0.05, 0.1) is 0 Å². The van der Waals surface area contributed by atoms with E-state index in [2.05, 4.69) is 30.1 Å². The molecule has 1 heterocycles. The SMILES string of the molecule is CCc1ccc2cc(Cl)ncc2c1. The third kappa shape index (κ3) is 1.65. The molecule has 66 valence electrons. The lowest BCUT2D eigenvalue weighted by Crippen LogP contribution is -1.82. The predicted molar refractivity (Wildman–Crippen MR) is 56.1 cm³/mol. The molecule has 0 N–H and O–H groups in total. The summed E-state index contributed by atoms with van der Waals surface area (Å²) >= 11 is 5.78. The van der Waals surface area contributed by atoms with Crippen LogP contribution in [0.1, 0.15) is 12.5 Å². The van der Waals surface area contributed by atoms with Crippen LogP contribution in [0.25, 0.3) is 10.8 Å². The Kier molecular flexibility index (Phi) is 2.19. The maximum Gasteiger partial charge on any atom is 0.129 e. The van der Waals surface area contributed by atoms with Crippen molar-refractivity contribution in [1.82, 2.24) is 4.98 Å². The molecule has 0 bridgehead atoms. The molecule has 1 nitrogen and oxygen atoms in total. The Hall–Kier alpha value is -1.08. The van der Waals surface area contributed by atoms with Crippen LogP contribution in [0.3, 0.4) is 0 Å². The van der Waals surface area contributed by atoms with Crippen molar-refractivity contribution in [1.29, 1.82) is 0 Å². The summed E-state index contributed by atoms with van der Waals surface area (Å²) in [6.45, 7) is 2.14. The molecule has 0 spiro atoms. The molecule has 0 atom stereocenters. The van der Waals surface area contributed by atoms with Gasteiger partial charge in [-0.3, -0.25) is 0 Å². The molecule has 1 aromatic carbocycles. The summed E-state index contributed by atoms with van der Waals surface area (Å²) in [7, 11) is 0. The summed E-state index contributed by atoms with van der Waals surface area (Å²) in [6.07, 6.45) is 2.87. The second-order valence-corrected chi connectivity index (χ2v) is 3.43. The molecule has 0 saturated heterocycles. The van der Waals surface area contributed by atoms with Crippen LogP contribution in [0.2, 0.25) is 5.15 Å². The highest BCUT2D eigenvalue weighted by Gasteiger charge is 1.96. The van der Waals surface area contributed by atoms with Crippen LogP contribution < -0.4 is 0 Å². The summed E-state index contributed by atoms with van der Waals surface area (Å²) in [5, 5.41) is 2.86. The largest absolute Gasteiger partial charge is 0.244 e. The average molecular weight is 192 g/mol. The fourth-order valence-electron chi connectivity index (χ4n) is 1.38. The Bertz CT molecular complexity index is 437. The minimum atomic E-state index is 0.553. The zero-order valence-corrected chi connectivity index (χ0v) is 8.17. The summed E-state index contributed by atoms with van der Waals surface area (Å²) in [4.78, 5) is 4.05. The number of aromatic nitrogens is 1. The van der Waals surface area contributed by atoms with Crippen molar-refractivity contribution in [2.24, 2.45) is 0 Å². The highest BCUT2D eigenvalue weighted by atomic mass is 35.5. The Morgan fingerprint density at radius 2 is 2.08 bits per heavy atom. The van der Waals surface area contributed by atoms with E-state index in [0.717, 1.165) is 17.2 Å². The number of benzene rings is 1. The monoisotopic (exact) mass is 191 g/mol. The van der Waals surface area contributed by atoms with Crippen LogP contribution in [-0.2, 0) is 6.42 Å². The summed E-state index contributed by atoms with van der Waals surface area (Å²) in [5.41, 5.74) is 1.33. The normalized spacial score (nSPS) is 10.6. The minimum absolute atomic E-state index is 0.553. The van der Waals surface area contributed by atoms with Gasteiger partial charge in [-0.15, -0.1) is 0 Å². The second kappa shape index (κ2) is 3.35. The van der Waals surface area contributed by atoms with Crippen molar-refractivity contribution in [3.8, 4) is 0 Å². The first-order chi connectivity index (χ1) is 6.29. The number of hydrogen-bond acceptors (Lipinski definition) is 1. The lowest BCUT2D eigenvalue weighted by Gasteiger charge is -2.00. The molecule has 0 amide bonds. The number of halogens is 1. The van der Waals surface area contributed by atoms with Gasteiger partial charge in [-0.25, -0.2) is 4.98 Å². The lowest BCUT2D eigenvalue weighted by atomic mass is 10.1. The molecular formula is C11H10ClN. The van der Waals surface area contributed by atoms with E-state index in [1.807, 2.05) is 12.3 Å². The van der Waals surface area contributed by atoms with E-state index >= 15 is 0 Å². The molecule has 2 aromatic rings. The van der Waals surface area contributed by atoms with Gasteiger partial charge in [0.2, 0.25) is 0 Å². The zero-order chi connectivity index (χ0) is 9.26. The maximum absolute atomic E-state index is 5.78. The summed E-state index contributed by atoms with van der Waals surface area (Å²) in [5.74, 6) is 0. The van der Waals surface area contributed by atoms with E-state index in [1.165, 1.54) is 5.56 Å². The topological polar surface area (TPSA) is 12.9 Å². The molecule has 0 fully saturated rings. The number of aryl methyl sites for hydroxylation is 1. The van der Waals surface area contributed by atoms with Gasteiger partial charge in [-0.1, -0.05) is 30.7 Å². The quantitative estimate of drug-likeness (QED) is 0.630. The minimum Gasteiger partial charge on any atom is -0.244 e. The molecule has 0 unspecified atom stereocenters. The standard InChI is InChI=1S/C11H10ClN/c1-2-8-3-4-9-6-11(12)13-7-10(9)5-8/h3-7H,2H2,1H3. The van der Waals surface area contributed by atoms with Gasteiger partial charge in [0.1, 0.15) is 5.15 Å². The molecule has 13 heavy (non-hydrogen) atoms. The van der Waals surface area contributed by atoms with Crippen LogP contribution in [0.5, 0.6) is 0 Å². The van der Waals surface area contributed by atoms with Gasteiger partial charge >= 0.3 is 0 Å². The van der Waals surface area contributed by atoms with Gasteiger partial charge in [-0.2, -0.15) is 0 Å². The number of pyridine rings is 1. The fourth-order valence-corrected chi connectivity index (χ4v) is 1.55. The summed E-state index contributed by atoms with van der Waals surface area (Å²) in [6, 6.07) is 8.25. The predicted octanol–water partition coefficient (Wildman–Crippen LogP) is 3.45. The molecular weight excluding hydrogens is 182 g/mol. The van der Waals surface area contributed by atoms with E-state index in [9.17, 15) is 0 Å². The third-order valence-corrected chi connectivity index (χ3v) is 2.37. The van der Waals surface area contributed by atoms with Gasteiger partial charge < -0.3 is 0 Å².